The lowest BCUT2D eigenvalue weighted by Crippen LogP contribution is -2.06. The average molecular weight is 329 g/mol. The number of hydrogen-bond donors (Lipinski definition) is 1. The number of benzene rings is 1. The van der Waals surface area contributed by atoms with Crippen LogP contribution in [0.2, 0.25) is 5.15 Å². The number of halogens is 1. The number of Topliss-reactive ketones (excluding diaryl/α,β-unsaturated/α-hetero) is 1. The van der Waals surface area contributed by atoms with E-state index in [0.717, 1.165) is 0 Å². The van der Waals surface area contributed by atoms with E-state index < -0.39 is 5.78 Å². The Morgan fingerprint density at radius 1 is 1.39 bits per heavy atom. The van der Waals surface area contributed by atoms with Gasteiger partial charge in [0.15, 0.2) is 0 Å². The van der Waals surface area contributed by atoms with Crippen LogP contribution in [0.25, 0.3) is 0 Å². The van der Waals surface area contributed by atoms with Crippen LogP contribution in [-0.2, 0) is 0 Å². The molecule has 23 heavy (non-hydrogen) atoms. The van der Waals surface area contributed by atoms with E-state index in [-0.39, 0.29) is 16.7 Å². The van der Waals surface area contributed by atoms with E-state index in [1.807, 2.05) is 6.07 Å². The number of nitrogens with zero attached hydrogens (tertiary/aromatic N) is 3. The number of anilines is 1. The molecule has 2 aromatic rings. The summed E-state index contributed by atoms with van der Waals surface area (Å²) >= 11 is 5.83. The molecule has 0 spiro atoms. The van der Waals surface area contributed by atoms with Crippen LogP contribution in [0.1, 0.15) is 16.1 Å². The maximum atomic E-state index is 12.3. The van der Waals surface area contributed by atoms with Crippen molar-refractivity contribution >= 4 is 23.3 Å². The van der Waals surface area contributed by atoms with Crippen LogP contribution in [0.3, 0.4) is 0 Å². The van der Waals surface area contributed by atoms with E-state index in [9.17, 15) is 10.1 Å². The van der Waals surface area contributed by atoms with Crippen molar-refractivity contribution in [2.75, 3.05) is 12.4 Å². The molecule has 1 heterocycles. The Bertz CT molecular complexity index is 792. The number of carbonyl (C=O) groups excluding carboxylic acids is 1. The van der Waals surface area contributed by atoms with Gasteiger partial charge in [-0.1, -0.05) is 23.7 Å². The minimum Gasteiger partial charge on any atom is -0.497 e. The second kappa shape index (κ2) is 7.38. The number of ether oxygens (including phenoxy) is 1. The zero-order valence-corrected chi connectivity index (χ0v) is 13.3. The first kappa shape index (κ1) is 16.5. The fourth-order valence-electron chi connectivity index (χ4n) is 1.80. The Labute approximate surface area is 138 Å². The van der Waals surface area contributed by atoms with Crippen molar-refractivity contribution in [2.24, 2.45) is 0 Å². The number of ketones is 1. The van der Waals surface area contributed by atoms with Gasteiger partial charge in [-0.2, -0.15) is 5.26 Å². The number of methoxy groups -OCH3 is 1. The summed E-state index contributed by atoms with van der Waals surface area (Å²) in [5.74, 6) is 0.314. The minimum atomic E-state index is -0.433. The Hall–Kier alpha value is -2.91. The number of hydrogen-bond acceptors (Lipinski definition) is 6. The van der Waals surface area contributed by atoms with Gasteiger partial charge in [0.05, 0.1) is 7.11 Å². The smallest absolute Gasteiger partial charge is 0.228 e. The van der Waals surface area contributed by atoms with Gasteiger partial charge in [0.2, 0.25) is 11.7 Å². The molecule has 0 saturated carbocycles. The molecule has 0 saturated heterocycles. The minimum absolute atomic E-state index is 0.0838. The third kappa shape index (κ3) is 4.28. The number of nitriles is 1. The molecule has 6 nitrogen and oxygen atoms in total. The average Bonchev–Trinajstić information content (AvgIpc) is 2.54. The second-order valence-electron chi connectivity index (χ2n) is 4.53. The molecule has 1 aromatic carbocycles. The molecule has 7 heteroatoms. The van der Waals surface area contributed by atoms with Crippen molar-refractivity contribution < 1.29 is 9.53 Å². The number of rotatable bonds is 5. The normalized spacial score (nSPS) is 10.8. The Kier molecular flexibility index (Phi) is 5.28. The first-order valence-corrected chi connectivity index (χ1v) is 6.98. The summed E-state index contributed by atoms with van der Waals surface area (Å²) in [5, 5.41) is 12.2. The maximum absolute atomic E-state index is 12.3. The molecule has 0 unspecified atom stereocenters. The van der Waals surface area contributed by atoms with Crippen molar-refractivity contribution in [2.45, 2.75) is 6.92 Å². The van der Waals surface area contributed by atoms with Gasteiger partial charge < -0.3 is 10.1 Å². The summed E-state index contributed by atoms with van der Waals surface area (Å²) in [6.45, 7) is 1.76. The number of nitrogens with one attached hydrogen (secondary N) is 1. The summed E-state index contributed by atoms with van der Waals surface area (Å²) in [6, 6.07) is 10.0. The van der Waals surface area contributed by atoms with Crippen LogP contribution >= 0.6 is 11.6 Å². The predicted octanol–water partition coefficient (Wildman–Crippen LogP) is 3.15. The van der Waals surface area contributed by atoms with E-state index in [2.05, 4.69) is 15.3 Å². The number of allylic oxidation sites excluding steroid dienone is 1. The molecule has 0 radical (unpaired) electrons. The molecule has 2 rings (SSSR count). The SMILES string of the molecule is COc1cccc(C(=O)C(C#N)=CNc2nc(C)cc(Cl)n2)c1. The molecule has 116 valence electrons. The van der Waals surface area contributed by atoms with Gasteiger partial charge in [0.25, 0.3) is 0 Å². The van der Waals surface area contributed by atoms with Crippen molar-refractivity contribution in [3.8, 4) is 11.8 Å². The summed E-state index contributed by atoms with van der Waals surface area (Å²) < 4.78 is 5.07. The zero-order chi connectivity index (χ0) is 16.8. The van der Waals surface area contributed by atoms with Crippen molar-refractivity contribution in [3.05, 3.63) is 58.5 Å². The lowest BCUT2D eigenvalue weighted by molar-refractivity contribution is 0.103. The number of aromatic nitrogens is 2. The first-order valence-electron chi connectivity index (χ1n) is 6.60. The van der Waals surface area contributed by atoms with Gasteiger partial charge in [-0.3, -0.25) is 4.79 Å². The molecule has 0 aliphatic heterocycles. The van der Waals surface area contributed by atoms with Gasteiger partial charge >= 0.3 is 0 Å². The molecular formula is C16H13ClN4O2. The summed E-state index contributed by atoms with van der Waals surface area (Å²) in [5.41, 5.74) is 0.931. The molecule has 1 aromatic heterocycles. The zero-order valence-electron chi connectivity index (χ0n) is 12.5. The Morgan fingerprint density at radius 3 is 2.83 bits per heavy atom. The Morgan fingerprint density at radius 2 is 2.17 bits per heavy atom. The van der Waals surface area contributed by atoms with E-state index in [4.69, 9.17) is 16.3 Å². The number of aryl methyl sites for hydroxylation is 1. The molecule has 0 fully saturated rings. The van der Waals surface area contributed by atoms with Gasteiger partial charge in [0.1, 0.15) is 22.5 Å². The van der Waals surface area contributed by atoms with Crippen LogP contribution in [-0.4, -0.2) is 22.9 Å². The van der Waals surface area contributed by atoms with Gasteiger partial charge in [-0.25, -0.2) is 9.97 Å². The highest BCUT2D eigenvalue weighted by atomic mass is 35.5. The largest absolute Gasteiger partial charge is 0.497 e. The quantitative estimate of drug-likeness (QED) is 0.392. The summed E-state index contributed by atoms with van der Waals surface area (Å²) in [7, 11) is 1.50. The third-order valence-corrected chi connectivity index (χ3v) is 3.06. The predicted molar refractivity (Wildman–Crippen MR) is 86.4 cm³/mol. The summed E-state index contributed by atoms with van der Waals surface area (Å²) in [6.07, 6.45) is 1.26. The molecular weight excluding hydrogens is 316 g/mol. The van der Waals surface area contributed by atoms with Gasteiger partial charge in [-0.15, -0.1) is 0 Å². The van der Waals surface area contributed by atoms with Gasteiger partial charge in [-0.05, 0) is 25.1 Å². The molecule has 1 N–H and O–H groups in total. The van der Waals surface area contributed by atoms with E-state index in [1.165, 1.54) is 13.3 Å². The molecule has 0 amide bonds. The van der Waals surface area contributed by atoms with Crippen molar-refractivity contribution in [3.63, 3.8) is 0 Å². The highest BCUT2D eigenvalue weighted by Gasteiger charge is 2.13. The second-order valence-corrected chi connectivity index (χ2v) is 4.92. The maximum Gasteiger partial charge on any atom is 0.228 e. The van der Waals surface area contributed by atoms with Crippen molar-refractivity contribution in [1.82, 2.24) is 9.97 Å². The molecule has 0 aliphatic carbocycles. The molecule has 0 atom stereocenters. The fourth-order valence-corrected chi connectivity index (χ4v) is 2.04. The third-order valence-electron chi connectivity index (χ3n) is 2.87. The lowest BCUT2D eigenvalue weighted by atomic mass is 10.1. The lowest BCUT2D eigenvalue weighted by Gasteiger charge is -2.04. The van der Waals surface area contributed by atoms with Crippen LogP contribution in [0.4, 0.5) is 5.95 Å². The van der Waals surface area contributed by atoms with E-state index in [1.54, 1.807) is 37.3 Å². The fraction of sp³-hybridized carbons (Fsp3) is 0.125. The van der Waals surface area contributed by atoms with Crippen LogP contribution in [0, 0.1) is 18.3 Å². The monoisotopic (exact) mass is 328 g/mol. The first-order chi connectivity index (χ1) is 11.0. The number of carbonyl (C=O) groups is 1. The van der Waals surface area contributed by atoms with Crippen molar-refractivity contribution in [1.29, 1.82) is 5.26 Å². The standard InChI is InChI=1S/C16H13ClN4O2/c1-10-6-14(17)21-16(20-10)19-9-12(8-18)15(22)11-4-3-5-13(7-11)23-2/h3-7,9H,1-2H3,(H,19,20,21). The highest BCUT2D eigenvalue weighted by Crippen LogP contribution is 2.16. The molecule has 0 aliphatic rings. The van der Waals surface area contributed by atoms with Crippen LogP contribution in [0.5, 0.6) is 5.75 Å². The molecule has 0 bridgehead atoms. The van der Waals surface area contributed by atoms with E-state index in [0.29, 0.717) is 17.0 Å². The van der Waals surface area contributed by atoms with Crippen LogP contribution < -0.4 is 10.1 Å². The van der Waals surface area contributed by atoms with E-state index >= 15 is 0 Å². The topological polar surface area (TPSA) is 87.9 Å². The summed E-state index contributed by atoms with van der Waals surface area (Å²) in [4.78, 5) is 20.4. The Balaban J connectivity index is 2.24. The van der Waals surface area contributed by atoms with Crippen LogP contribution in [0.15, 0.2) is 42.1 Å². The highest BCUT2D eigenvalue weighted by molar-refractivity contribution is 6.29. The van der Waals surface area contributed by atoms with Gasteiger partial charge in [0, 0.05) is 17.5 Å².